The average molecular weight is 294 g/mol. The van der Waals surface area contributed by atoms with E-state index in [0.717, 1.165) is 40.8 Å². The Hall–Kier alpha value is -1.36. The molecule has 0 amide bonds. The Morgan fingerprint density at radius 2 is 2.15 bits per heavy atom. The van der Waals surface area contributed by atoms with Crippen molar-refractivity contribution in [3.63, 3.8) is 0 Å². The molecule has 0 saturated carbocycles. The second-order valence-corrected chi connectivity index (χ2v) is 5.14. The van der Waals surface area contributed by atoms with E-state index in [9.17, 15) is 0 Å². The first-order valence-electron chi connectivity index (χ1n) is 6.62. The number of methoxy groups -OCH3 is 1. The number of aromatic nitrogens is 2. The van der Waals surface area contributed by atoms with Crippen molar-refractivity contribution in [1.82, 2.24) is 14.9 Å². The van der Waals surface area contributed by atoms with Crippen molar-refractivity contribution in [2.75, 3.05) is 20.3 Å². The molecule has 1 aromatic heterocycles. The van der Waals surface area contributed by atoms with E-state index in [0.29, 0.717) is 6.61 Å². The van der Waals surface area contributed by atoms with Crippen LogP contribution in [0.4, 0.5) is 0 Å². The van der Waals surface area contributed by atoms with Crippen LogP contribution < -0.4 is 5.32 Å². The molecule has 0 radical (unpaired) electrons. The number of nitrogens with zero attached hydrogens (tertiary/aromatic N) is 2. The number of imidazole rings is 1. The van der Waals surface area contributed by atoms with Crippen LogP contribution in [0.5, 0.6) is 0 Å². The summed E-state index contributed by atoms with van der Waals surface area (Å²) in [6, 6.07) is 6.09. The molecule has 0 fully saturated rings. The van der Waals surface area contributed by atoms with Crippen molar-refractivity contribution in [3.05, 3.63) is 46.5 Å². The fraction of sp³-hybridized carbons (Fsp3) is 0.400. The maximum absolute atomic E-state index is 6.35. The van der Waals surface area contributed by atoms with Gasteiger partial charge in [-0.1, -0.05) is 17.7 Å². The molecule has 108 valence electrons. The fourth-order valence-corrected chi connectivity index (χ4v) is 2.23. The van der Waals surface area contributed by atoms with Crippen LogP contribution in [0.2, 0.25) is 5.02 Å². The number of aryl methyl sites for hydroxylation is 1. The molecule has 0 aliphatic heterocycles. The van der Waals surface area contributed by atoms with Crippen LogP contribution in [0.25, 0.3) is 5.69 Å². The summed E-state index contributed by atoms with van der Waals surface area (Å²) in [4.78, 5) is 4.31. The zero-order valence-electron chi connectivity index (χ0n) is 12.1. The number of halogens is 1. The van der Waals surface area contributed by atoms with Gasteiger partial charge in [-0.25, -0.2) is 4.98 Å². The number of ether oxygens (including phenoxy) is 1. The molecular weight excluding hydrogens is 274 g/mol. The van der Waals surface area contributed by atoms with Crippen molar-refractivity contribution in [1.29, 1.82) is 0 Å². The summed E-state index contributed by atoms with van der Waals surface area (Å²) in [5.41, 5.74) is 4.29. The summed E-state index contributed by atoms with van der Waals surface area (Å²) >= 11 is 6.35. The van der Waals surface area contributed by atoms with Gasteiger partial charge in [0.1, 0.15) is 0 Å². The number of hydrogen-bond acceptors (Lipinski definition) is 3. The summed E-state index contributed by atoms with van der Waals surface area (Å²) in [5, 5.41) is 4.05. The minimum atomic E-state index is 0.698. The van der Waals surface area contributed by atoms with E-state index >= 15 is 0 Å². The van der Waals surface area contributed by atoms with Crippen LogP contribution in [-0.4, -0.2) is 29.8 Å². The molecule has 0 atom stereocenters. The first kappa shape index (κ1) is 15.0. The molecule has 0 unspecified atom stereocenters. The monoisotopic (exact) mass is 293 g/mol. The minimum Gasteiger partial charge on any atom is -0.383 e. The smallest absolute Gasteiger partial charge is 0.0997 e. The maximum atomic E-state index is 6.35. The Bertz CT molecular complexity index is 580. The Morgan fingerprint density at radius 3 is 2.75 bits per heavy atom. The minimum absolute atomic E-state index is 0.698. The number of nitrogens with one attached hydrogen (secondary N) is 1. The molecule has 0 aliphatic rings. The summed E-state index contributed by atoms with van der Waals surface area (Å²) in [6.07, 6.45) is 1.83. The molecule has 0 aliphatic carbocycles. The van der Waals surface area contributed by atoms with Gasteiger partial charge >= 0.3 is 0 Å². The molecule has 2 rings (SSSR count). The van der Waals surface area contributed by atoms with Crippen LogP contribution in [0, 0.1) is 13.8 Å². The number of hydrogen-bond donors (Lipinski definition) is 1. The molecule has 20 heavy (non-hydrogen) atoms. The van der Waals surface area contributed by atoms with Gasteiger partial charge in [-0.3, -0.25) is 0 Å². The van der Waals surface area contributed by atoms with Crippen molar-refractivity contribution >= 4 is 11.6 Å². The third kappa shape index (κ3) is 3.39. The predicted octanol–water partition coefficient (Wildman–Crippen LogP) is 2.88. The average Bonchev–Trinajstić information content (AvgIpc) is 2.77. The van der Waals surface area contributed by atoms with Gasteiger partial charge in [0.2, 0.25) is 0 Å². The molecule has 1 heterocycles. The van der Waals surface area contributed by atoms with Gasteiger partial charge in [0.05, 0.1) is 18.6 Å². The zero-order chi connectivity index (χ0) is 14.5. The lowest BCUT2D eigenvalue weighted by atomic mass is 10.2. The summed E-state index contributed by atoms with van der Waals surface area (Å²) in [7, 11) is 1.69. The Kier molecular flexibility index (Phi) is 5.17. The lowest BCUT2D eigenvalue weighted by molar-refractivity contribution is 0.199. The van der Waals surface area contributed by atoms with E-state index in [-0.39, 0.29) is 0 Å². The molecule has 0 bridgehead atoms. The Labute approximate surface area is 124 Å². The molecule has 0 spiro atoms. The van der Waals surface area contributed by atoms with E-state index in [1.54, 1.807) is 7.11 Å². The van der Waals surface area contributed by atoms with Gasteiger partial charge in [-0.05, 0) is 31.5 Å². The fourth-order valence-electron chi connectivity index (χ4n) is 1.99. The van der Waals surface area contributed by atoms with Crippen LogP contribution in [0.3, 0.4) is 0 Å². The second-order valence-electron chi connectivity index (χ2n) is 4.73. The van der Waals surface area contributed by atoms with Crippen molar-refractivity contribution in [3.8, 4) is 5.69 Å². The van der Waals surface area contributed by atoms with Crippen molar-refractivity contribution in [2.24, 2.45) is 0 Å². The van der Waals surface area contributed by atoms with Crippen LogP contribution in [-0.2, 0) is 11.3 Å². The van der Waals surface area contributed by atoms with Gasteiger partial charge in [0.15, 0.2) is 0 Å². The van der Waals surface area contributed by atoms with Crippen LogP contribution in [0.15, 0.2) is 24.5 Å². The highest BCUT2D eigenvalue weighted by atomic mass is 35.5. The van der Waals surface area contributed by atoms with E-state index in [2.05, 4.69) is 23.3 Å². The van der Waals surface area contributed by atoms with Gasteiger partial charge in [-0.15, -0.1) is 0 Å². The highest BCUT2D eigenvalue weighted by Crippen LogP contribution is 2.22. The Morgan fingerprint density at radius 1 is 1.35 bits per heavy atom. The first-order valence-corrected chi connectivity index (χ1v) is 7.00. The van der Waals surface area contributed by atoms with E-state index in [1.807, 2.05) is 30.0 Å². The molecule has 1 aromatic carbocycles. The third-order valence-corrected chi connectivity index (χ3v) is 3.72. The largest absolute Gasteiger partial charge is 0.383 e. The zero-order valence-corrected chi connectivity index (χ0v) is 12.9. The van der Waals surface area contributed by atoms with Gasteiger partial charge in [-0.2, -0.15) is 0 Å². The normalized spacial score (nSPS) is 11.0. The lowest BCUT2D eigenvalue weighted by Crippen LogP contribution is -2.18. The standard InChI is InChI=1S/C15H20ClN3O/c1-11-12(2)19(10-18-11)14-5-4-13(15(16)8-14)9-17-6-7-20-3/h4-5,8,10,17H,6-7,9H2,1-3H3. The third-order valence-electron chi connectivity index (χ3n) is 3.37. The molecule has 5 heteroatoms. The van der Waals surface area contributed by atoms with E-state index in [1.165, 1.54) is 0 Å². The van der Waals surface area contributed by atoms with Crippen LogP contribution >= 0.6 is 11.6 Å². The van der Waals surface area contributed by atoms with Gasteiger partial charge in [0.25, 0.3) is 0 Å². The second kappa shape index (κ2) is 6.88. The summed E-state index contributed by atoms with van der Waals surface area (Å²) < 4.78 is 7.04. The van der Waals surface area contributed by atoms with Crippen molar-refractivity contribution in [2.45, 2.75) is 20.4 Å². The molecular formula is C15H20ClN3O. The SMILES string of the molecule is COCCNCc1ccc(-n2cnc(C)c2C)cc1Cl. The van der Waals surface area contributed by atoms with Gasteiger partial charge < -0.3 is 14.6 Å². The number of rotatable bonds is 6. The molecule has 2 aromatic rings. The number of benzene rings is 1. The maximum Gasteiger partial charge on any atom is 0.0997 e. The topological polar surface area (TPSA) is 39.1 Å². The van der Waals surface area contributed by atoms with E-state index < -0.39 is 0 Å². The first-order chi connectivity index (χ1) is 9.63. The highest BCUT2D eigenvalue weighted by Gasteiger charge is 2.07. The summed E-state index contributed by atoms with van der Waals surface area (Å²) in [5.74, 6) is 0. The van der Waals surface area contributed by atoms with Crippen LogP contribution in [0.1, 0.15) is 17.0 Å². The van der Waals surface area contributed by atoms with E-state index in [4.69, 9.17) is 16.3 Å². The van der Waals surface area contributed by atoms with Crippen molar-refractivity contribution < 1.29 is 4.74 Å². The Balaban J connectivity index is 2.11. The summed E-state index contributed by atoms with van der Waals surface area (Å²) in [6.45, 7) is 6.31. The lowest BCUT2D eigenvalue weighted by Gasteiger charge is -2.10. The van der Waals surface area contributed by atoms with Gasteiger partial charge in [0, 0.05) is 36.6 Å². The predicted molar refractivity (Wildman–Crippen MR) is 81.6 cm³/mol. The highest BCUT2D eigenvalue weighted by molar-refractivity contribution is 6.31. The molecule has 0 saturated heterocycles. The quantitative estimate of drug-likeness (QED) is 0.833. The molecule has 1 N–H and O–H groups in total. The molecule has 4 nitrogen and oxygen atoms in total.